The van der Waals surface area contributed by atoms with E-state index in [9.17, 15) is 0 Å². The van der Waals surface area contributed by atoms with E-state index in [1.807, 2.05) is 0 Å². The number of rotatable bonds is 5. The van der Waals surface area contributed by atoms with Crippen LogP contribution in [0.2, 0.25) is 0 Å². The molecule has 0 radical (unpaired) electrons. The minimum absolute atomic E-state index is 1.28. The van der Waals surface area contributed by atoms with E-state index >= 15 is 0 Å². The maximum absolute atomic E-state index is 2.36. The largest absolute Gasteiger partial charge is 0.0587 e. The lowest BCUT2D eigenvalue weighted by Crippen LogP contribution is -1.92. The standard InChI is InChI=1S/C22H20.C22H22.C21H20.3C20H18.C16H18/c1-13-5-7-17-18-8-6-14(2)10-20(18)22-12-16(4)15(3)11-21(22)19(17)9-13;1-15-5-9-19(10-6-15)21-13-18(4)22(14-17(21)3)20-11-7-16(2)8-12-20;1-15-4-8-18(9-5-15)20-12-17(3)13-21(14-20)19-10-6-16(2)7-11-19;1-11-9-15-5-8-18-14(4)12(2)10-16-6-7-17(13(11)3)19(15)20(16)18;2*1-11-9-12(2)16-7-8-18-14(4)10-13(3)17-6-5-15(11)19(16)20(17)18;1-11-5-7-15(8-6-11)16-10-13(3)12(2)9-14(16)4/h5-12H,1-4H3;5-14H,1-4H3;4-14H,1-3H3;3*5-10H,1-4H3;5-10H,1-4H3. The van der Waals surface area contributed by atoms with Crippen molar-refractivity contribution in [1.29, 1.82) is 0 Å². The Bertz CT molecular complexity index is 8160. The molecule has 0 N–H and O–H groups in total. The summed E-state index contributed by atoms with van der Waals surface area (Å²) in [4.78, 5) is 0. The first-order chi connectivity index (χ1) is 67.5. The van der Waals surface area contributed by atoms with E-state index in [1.165, 1.54) is 335 Å². The third-order valence-corrected chi connectivity index (χ3v) is 30.6. The zero-order valence-electron chi connectivity index (χ0n) is 88.1. The molecule has 0 fully saturated rings. The van der Waals surface area contributed by atoms with Gasteiger partial charge < -0.3 is 0 Å². The molecule has 0 heteroatoms. The van der Waals surface area contributed by atoms with Gasteiger partial charge in [0.25, 0.3) is 0 Å². The zero-order chi connectivity index (χ0) is 99.7. The van der Waals surface area contributed by atoms with Gasteiger partial charge in [-0.25, -0.2) is 0 Å². The topological polar surface area (TPSA) is 0 Å². The molecular formula is C141H134. The number of hydrogen-bond donors (Lipinski definition) is 0. The Balaban J connectivity index is 0.000000109. The summed E-state index contributed by atoms with van der Waals surface area (Å²) in [5.41, 5.74) is 49.5. The predicted molar refractivity (Wildman–Crippen MR) is 624 cm³/mol. The van der Waals surface area contributed by atoms with Gasteiger partial charge in [0.15, 0.2) is 0 Å². The molecule has 0 nitrogen and oxygen atoms in total. The fourth-order valence-electron chi connectivity index (χ4n) is 22.1. The minimum atomic E-state index is 1.28. The van der Waals surface area contributed by atoms with Crippen LogP contribution in [0.1, 0.15) is 150 Å². The molecule has 0 bridgehead atoms. The predicted octanol–water partition coefficient (Wildman–Crippen LogP) is 40.6. The monoisotopic (exact) mass is 1830 g/mol. The van der Waals surface area contributed by atoms with E-state index in [4.69, 9.17) is 0 Å². The van der Waals surface area contributed by atoms with Crippen LogP contribution in [0.3, 0.4) is 0 Å². The second-order valence-corrected chi connectivity index (χ2v) is 41.5. The highest BCUT2D eigenvalue weighted by molar-refractivity contribution is 6.29. The van der Waals surface area contributed by atoms with E-state index in [0.29, 0.717) is 0 Å². The van der Waals surface area contributed by atoms with Gasteiger partial charge in [0, 0.05) is 0 Å². The Morgan fingerprint density at radius 2 is 0.312 bits per heavy atom. The Hall–Kier alpha value is -14.8. The molecule has 0 aliphatic heterocycles. The van der Waals surface area contributed by atoms with Crippen LogP contribution in [0.5, 0.6) is 0 Å². The first-order valence-corrected chi connectivity index (χ1v) is 50.5. The van der Waals surface area contributed by atoms with Crippen molar-refractivity contribution < 1.29 is 0 Å². The lowest BCUT2D eigenvalue weighted by Gasteiger charge is -2.17. The van der Waals surface area contributed by atoms with E-state index in [0.717, 1.165) is 0 Å². The Labute approximate surface area is 837 Å². The number of aryl methyl sites for hydroxylation is 27. The molecule has 24 aromatic rings. The first kappa shape index (κ1) is 96.4. The summed E-state index contributed by atoms with van der Waals surface area (Å²) in [5, 5.41) is 33.6. The van der Waals surface area contributed by atoms with Crippen molar-refractivity contribution in [3.05, 3.63) is 472 Å². The Morgan fingerprint density at radius 1 is 0.0993 bits per heavy atom. The van der Waals surface area contributed by atoms with Gasteiger partial charge in [0.1, 0.15) is 0 Å². The SMILES string of the molecule is Cc1cc(C)c2ccc3c(C)cc(C)c4ccc1c2c43.Cc1cc(C)c2ccc3c(C)cc(C)c4ccc1c2c43.Cc1cc2ccc3c(C)c(C)cc4ccc(c1C)c2c43.Cc1ccc(-c2cc(C)c(-c3ccc(C)cc3)cc2C)cc1.Cc1ccc(-c2cc(C)c(C)cc2C)cc1.Cc1ccc(-c2cc(C)cc(-c3ccc(C)cc3)c2)cc1.Cc1ccc2c3ccc(C)cc3c3cc(C)c(C)cc3c2c1. The van der Waals surface area contributed by atoms with Crippen LogP contribution in [-0.2, 0) is 0 Å². The highest BCUT2D eigenvalue weighted by Gasteiger charge is 2.21. The molecule has 0 aliphatic rings. The lowest BCUT2D eigenvalue weighted by molar-refractivity contribution is 1.30. The van der Waals surface area contributed by atoms with Gasteiger partial charge in [-0.1, -0.05) is 354 Å². The van der Waals surface area contributed by atoms with Crippen LogP contribution in [0.15, 0.2) is 322 Å². The van der Waals surface area contributed by atoms with E-state index in [1.54, 1.807) is 0 Å². The Morgan fingerprint density at radius 3 is 0.596 bits per heavy atom. The zero-order valence-corrected chi connectivity index (χ0v) is 88.1. The summed E-state index contributed by atoms with van der Waals surface area (Å²) in [6, 6.07) is 119. The van der Waals surface area contributed by atoms with E-state index in [2.05, 4.69) is 508 Å². The average Bonchev–Trinajstić information content (AvgIpc) is 0.804. The van der Waals surface area contributed by atoms with E-state index in [-0.39, 0.29) is 0 Å². The molecule has 24 rings (SSSR count). The van der Waals surface area contributed by atoms with Crippen molar-refractivity contribution in [1.82, 2.24) is 0 Å². The molecule has 0 heterocycles. The van der Waals surface area contributed by atoms with Crippen molar-refractivity contribution >= 4 is 129 Å². The molecular weight excluding hydrogens is 1690 g/mol. The highest BCUT2D eigenvalue weighted by Crippen LogP contribution is 2.46. The summed E-state index contributed by atoms with van der Waals surface area (Å²) in [7, 11) is 0. The van der Waals surface area contributed by atoms with Crippen LogP contribution in [0.4, 0.5) is 0 Å². The molecule has 0 spiro atoms. The summed E-state index contributed by atoms with van der Waals surface area (Å²) in [5.74, 6) is 0. The van der Waals surface area contributed by atoms with Gasteiger partial charge in [-0.2, -0.15) is 0 Å². The van der Waals surface area contributed by atoms with Crippen LogP contribution in [0, 0.1) is 187 Å². The van der Waals surface area contributed by atoms with Crippen molar-refractivity contribution in [2.75, 3.05) is 0 Å². The lowest BCUT2D eigenvalue weighted by atomic mass is 9.87. The van der Waals surface area contributed by atoms with Crippen LogP contribution >= 0.6 is 0 Å². The van der Waals surface area contributed by atoms with Crippen LogP contribution in [-0.4, -0.2) is 0 Å². The number of benzene rings is 24. The third kappa shape index (κ3) is 19.1. The number of hydrogen-bond acceptors (Lipinski definition) is 0. The summed E-state index contributed by atoms with van der Waals surface area (Å²) in [6.07, 6.45) is 0. The molecule has 24 aromatic carbocycles. The first-order valence-electron chi connectivity index (χ1n) is 50.5. The number of fused-ring (bicyclic) bond motifs is 6. The van der Waals surface area contributed by atoms with Crippen molar-refractivity contribution in [2.24, 2.45) is 0 Å². The molecule has 0 saturated carbocycles. The second-order valence-electron chi connectivity index (χ2n) is 41.5. The molecule has 0 aromatic heterocycles. The summed E-state index contributed by atoms with van der Waals surface area (Å²) >= 11 is 0. The third-order valence-electron chi connectivity index (χ3n) is 30.6. The molecule has 0 amide bonds. The fourth-order valence-corrected chi connectivity index (χ4v) is 22.1. The van der Waals surface area contributed by atoms with E-state index < -0.39 is 0 Å². The maximum atomic E-state index is 2.36. The van der Waals surface area contributed by atoms with Crippen molar-refractivity contribution in [3.63, 3.8) is 0 Å². The second kappa shape index (κ2) is 39.5. The minimum Gasteiger partial charge on any atom is -0.0587 e. The molecule has 0 saturated heterocycles. The molecule has 0 aliphatic carbocycles. The van der Waals surface area contributed by atoms with Crippen molar-refractivity contribution in [2.45, 2.75) is 187 Å². The summed E-state index contributed by atoms with van der Waals surface area (Å²) < 4.78 is 0. The van der Waals surface area contributed by atoms with Gasteiger partial charge in [-0.3, -0.25) is 0 Å². The molecule has 0 unspecified atom stereocenters. The van der Waals surface area contributed by atoms with Crippen LogP contribution in [0.25, 0.3) is 185 Å². The van der Waals surface area contributed by atoms with Crippen molar-refractivity contribution in [3.8, 4) is 55.6 Å². The van der Waals surface area contributed by atoms with Gasteiger partial charge in [-0.15, -0.1) is 0 Å². The smallest absolute Gasteiger partial charge is 0.00213 e. The maximum Gasteiger partial charge on any atom is -0.00213 e. The quantitative estimate of drug-likeness (QED) is 0.151. The molecule has 0 atom stereocenters. The average molecular weight is 1830 g/mol. The fraction of sp³-hybridized carbons (Fsp3) is 0.191. The molecule has 698 valence electrons. The highest BCUT2D eigenvalue weighted by atomic mass is 14.2. The van der Waals surface area contributed by atoms with Gasteiger partial charge in [0.2, 0.25) is 0 Å². The normalized spacial score (nSPS) is 11.4. The van der Waals surface area contributed by atoms with Crippen LogP contribution < -0.4 is 0 Å². The summed E-state index contributed by atoms with van der Waals surface area (Å²) in [6.45, 7) is 59.1. The Kier molecular flexibility index (Phi) is 27.0. The molecule has 141 heavy (non-hydrogen) atoms. The van der Waals surface area contributed by atoms with Gasteiger partial charge >= 0.3 is 0 Å². The van der Waals surface area contributed by atoms with Gasteiger partial charge in [-0.05, 0) is 489 Å². The van der Waals surface area contributed by atoms with Gasteiger partial charge in [0.05, 0.1) is 0 Å².